The Labute approximate surface area is 110 Å². The second-order valence-electron chi connectivity index (χ2n) is 6.33. The summed E-state index contributed by atoms with van der Waals surface area (Å²) >= 11 is 0. The zero-order valence-electron chi connectivity index (χ0n) is 11.9. The van der Waals surface area contributed by atoms with Gasteiger partial charge in [0.05, 0.1) is 12.8 Å². The van der Waals surface area contributed by atoms with Crippen LogP contribution in [-0.2, 0) is 6.54 Å². The lowest BCUT2D eigenvalue weighted by atomic mass is 9.76. The van der Waals surface area contributed by atoms with Crippen LogP contribution >= 0.6 is 0 Å². The van der Waals surface area contributed by atoms with Gasteiger partial charge in [0.1, 0.15) is 5.75 Å². The van der Waals surface area contributed by atoms with Crippen molar-refractivity contribution in [1.29, 1.82) is 0 Å². The van der Waals surface area contributed by atoms with Gasteiger partial charge in [-0.1, -0.05) is 26.8 Å². The van der Waals surface area contributed by atoms with E-state index in [9.17, 15) is 0 Å². The SMILES string of the molecule is COc1ccc(CN2CC(C(C)(C)C)C2)cc1N. The van der Waals surface area contributed by atoms with Crippen molar-refractivity contribution >= 4 is 5.69 Å². The summed E-state index contributed by atoms with van der Waals surface area (Å²) in [5, 5.41) is 0. The van der Waals surface area contributed by atoms with Gasteiger partial charge in [0.2, 0.25) is 0 Å². The highest BCUT2D eigenvalue weighted by Crippen LogP contribution is 2.34. The Bertz CT molecular complexity index is 417. The topological polar surface area (TPSA) is 38.5 Å². The highest BCUT2D eigenvalue weighted by atomic mass is 16.5. The minimum absolute atomic E-state index is 0.426. The molecule has 0 aliphatic carbocycles. The van der Waals surface area contributed by atoms with E-state index < -0.39 is 0 Å². The Kier molecular flexibility index (Phi) is 3.53. The molecular formula is C15H24N2O. The summed E-state index contributed by atoms with van der Waals surface area (Å²) in [4.78, 5) is 2.47. The summed E-state index contributed by atoms with van der Waals surface area (Å²) in [5.41, 5.74) is 8.34. The highest BCUT2D eigenvalue weighted by Gasteiger charge is 2.35. The maximum absolute atomic E-state index is 5.92. The lowest BCUT2D eigenvalue weighted by Gasteiger charge is -2.46. The molecular weight excluding hydrogens is 224 g/mol. The lowest BCUT2D eigenvalue weighted by Crippen LogP contribution is -2.51. The fourth-order valence-corrected chi connectivity index (χ4v) is 2.39. The van der Waals surface area contributed by atoms with E-state index in [2.05, 4.69) is 31.7 Å². The molecule has 1 saturated heterocycles. The van der Waals surface area contributed by atoms with Crippen LogP contribution in [0.2, 0.25) is 0 Å². The second-order valence-corrected chi connectivity index (χ2v) is 6.33. The van der Waals surface area contributed by atoms with Crippen molar-refractivity contribution in [3.63, 3.8) is 0 Å². The first-order valence-electron chi connectivity index (χ1n) is 6.55. The van der Waals surface area contributed by atoms with E-state index in [-0.39, 0.29) is 0 Å². The van der Waals surface area contributed by atoms with Crippen LogP contribution in [0.4, 0.5) is 5.69 Å². The number of rotatable bonds is 3. The quantitative estimate of drug-likeness (QED) is 0.836. The van der Waals surface area contributed by atoms with Gasteiger partial charge >= 0.3 is 0 Å². The normalized spacial score (nSPS) is 17.6. The summed E-state index contributed by atoms with van der Waals surface area (Å²) in [5.74, 6) is 1.57. The van der Waals surface area contributed by atoms with E-state index in [1.54, 1.807) is 7.11 Å². The first kappa shape index (κ1) is 13.2. The van der Waals surface area contributed by atoms with E-state index in [0.717, 1.165) is 23.9 Å². The molecule has 1 aromatic carbocycles. The van der Waals surface area contributed by atoms with Crippen molar-refractivity contribution in [3.05, 3.63) is 23.8 Å². The van der Waals surface area contributed by atoms with Gasteiger partial charge in [-0.3, -0.25) is 4.90 Å². The van der Waals surface area contributed by atoms with Crippen LogP contribution in [0.5, 0.6) is 5.75 Å². The maximum Gasteiger partial charge on any atom is 0.141 e. The number of hydrogen-bond acceptors (Lipinski definition) is 3. The lowest BCUT2D eigenvalue weighted by molar-refractivity contribution is 0.0189. The number of hydrogen-bond donors (Lipinski definition) is 1. The number of ether oxygens (including phenoxy) is 1. The number of likely N-dealkylation sites (tertiary alicyclic amines) is 1. The van der Waals surface area contributed by atoms with Crippen molar-refractivity contribution in [3.8, 4) is 5.75 Å². The molecule has 0 unspecified atom stereocenters. The van der Waals surface area contributed by atoms with Crippen LogP contribution in [0.1, 0.15) is 26.3 Å². The molecule has 1 fully saturated rings. The molecule has 0 amide bonds. The fourth-order valence-electron chi connectivity index (χ4n) is 2.39. The third-order valence-electron chi connectivity index (χ3n) is 3.88. The van der Waals surface area contributed by atoms with E-state index in [1.807, 2.05) is 12.1 Å². The molecule has 18 heavy (non-hydrogen) atoms. The van der Waals surface area contributed by atoms with Gasteiger partial charge in [-0.2, -0.15) is 0 Å². The molecule has 0 spiro atoms. The molecule has 0 saturated carbocycles. The Morgan fingerprint density at radius 2 is 2.00 bits per heavy atom. The van der Waals surface area contributed by atoms with E-state index in [4.69, 9.17) is 10.5 Å². The van der Waals surface area contributed by atoms with E-state index in [1.165, 1.54) is 18.7 Å². The van der Waals surface area contributed by atoms with Gasteiger partial charge in [0.15, 0.2) is 0 Å². The van der Waals surface area contributed by atoms with Gasteiger partial charge in [0, 0.05) is 19.6 Å². The summed E-state index contributed by atoms with van der Waals surface area (Å²) in [7, 11) is 1.65. The first-order chi connectivity index (χ1) is 8.40. The number of anilines is 1. The van der Waals surface area contributed by atoms with Crippen LogP contribution in [0.25, 0.3) is 0 Å². The standard InChI is InChI=1S/C15H24N2O/c1-15(2,3)12-9-17(10-12)8-11-5-6-14(18-4)13(16)7-11/h5-7,12H,8-10,16H2,1-4H3. The maximum atomic E-state index is 5.92. The van der Waals surface area contributed by atoms with Crippen molar-refractivity contribution in [2.75, 3.05) is 25.9 Å². The van der Waals surface area contributed by atoms with Crippen LogP contribution in [0.3, 0.4) is 0 Å². The number of methoxy groups -OCH3 is 1. The van der Waals surface area contributed by atoms with Crippen LogP contribution in [0.15, 0.2) is 18.2 Å². The average Bonchev–Trinajstić information content (AvgIpc) is 2.21. The molecule has 3 heteroatoms. The van der Waals surface area contributed by atoms with Crippen LogP contribution in [-0.4, -0.2) is 25.1 Å². The molecule has 0 bridgehead atoms. The monoisotopic (exact) mass is 248 g/mol. The number of nitrogens with zero attached hydrogens (tertiary/aromatic N) is 1. The summed E-state index contributed by atoms with van der Waals surface area (Å²) < 4.78 is 5.17. The Hall–Kier alpha value is -1.22. The number of nitrogen functional groups attached to an aromatic ring is 1. The van der Waals surface area contributed by atoms with E-state index >= 15 is 0 Å². The third-order valence-corrected chi connectivity index (χ3v) is 3.88. The largest absolute Gasteiger partial charge is 0.495 e. The van der Waals surface area contributed by atoms with Gasteiger partial charge in [-0.15, -0.1) is 0 Å². The smallest absolute Gasteiger partial charge is 0.141 e. The van der Waals surface area contributed by atoms with Crippen LogP contribution in [0, 0.1) is 11.3 Å². The third kappa shape index (κ3) is 2.78. The van der Waals surface area contributed by atoms with Gasteiger partial charge in [-0.25, -0.2) is 0 Å². The molecule has 1 aliphatic heterocycles. The molecule has 1 aromatic rings. The highest BCUT2D eigenvalue weighted by molar-refractivity contribution is 5.54. The summed E-state index contributed by atoms with van der Waals surface area (Å²) in [6.07, 6.45) is 0. The Morgan fingerprint density at radius 3 is 2.50 bits per heavy atom. The predicted molar refractivity (Wildman–Crippen MR) is 75.6 cm³/mol. The minimum Gasteiger partial charge on any atom is -0.495 e. The summed E-state index contributed by atoms with van der Waals surface area (Å²) in [6, 6.07) is 6.06. The van der Waals surface area contributed by atoms with Crippen molar-refractivity contribution in [2.24, 2.45) is 11.3 Å². The summed E-state index contributed by atoms with van der Waals surface area (Å²) in [6.45, 7) is 10.3. The van der Waals surface area contributed by atoms with Crippen LogP contribution < -0.4 is 10.5 Å². The van der Waals surface area contributed by atoms with Crippen molar-refractivity contribution in [1.82, 2.24) is 4.90 Å². The zero-order chi connectivity index (χ0) is 13.3. The molecule has 0 radical (unpaired) electrons. The number of nitrogens with two attached hydrogens (primary N) is 1. The number of benzene rings is 1. The van der Waals surface area contributed by atoms with Gasteiger partial charge in [0.25, 0.3) is 0 Å². The molecule has 1 aliphatic rings. The Balaban J connectivity index is 1.91. The van der Waals surface area contributed by atoms with Gasteiger partial charge in [-0.05, 0) is 29.0 Å². The van der Waals surface area contributed by atoms with Crippen molar-refractivity contribution < 1.29 is 4.74 Å². The predicted octanol–water partition coefficient (Wildman–Crippen LogP) is 2.76. The molecule has 2 rings (SSSR count). The second kappa shape index (κ2) is 4.81. The molecule has 0 aromatic heterocycles. The molecule has 3 nitrogen and oxygen atoms in total. The van der Waals surface area contributed by atoms with Crippen molar-refractivity contribution in [2.45, 2.75) is 27.3 Å². The first-order valence-corrected chi connectivity index (χ1v) is 6.55. The fraction of sp³-hybridized carbons (Fsp3) is 0.600. The molecule has 0 atom stereocenters. The van der Waals surface area contributed by atoms with E-state index in [0.29, 0.717) is 5.41 Å². The van der Waals surface area contributed by atoms with Gasteiger partial charge < -0.3 is 10.5 Å². The zero-order valence-corrected chi connectivity index (χ0v) is 11.9. The molecule has 2 N–H and O–H groups in total. The molecule has 100 valence electrons. The average molecular weight is 248 g/mol. The molecule has 1 heterocycles. The minimum atomic E-state index is 0.426. The Morgan fingerprint density at radius 1 is 1.33 bits per heavy atom.